The van der Waals surface area contributed by atoms with Gasteiger partial charge in [0, 0.05) is 10.0 Å². The van der Waals surface area contributed by atoms with Crippen molar-refractivity contribution >= 4 is 68.4 Å². The maximum Gasteiger partial charge on any atom is 0.341 e. The molecule has 1 aliphatic rings. The molecule has 1 fully saturated rings. The summed E-state index contributed by atoms with van der Waals surface area (Å²) in [6, 6.07) is 14.3. The lowest BCUT2D eigenvalue weighted by Gasteiger charge is -2.07. The summed E-state index contributed by atoms with van der Waals surface area (Å²) in [4.78, 5) is 23.8. The van der Waals surface area contributed by atoms with Crippen LogP contribution in [-0.4, -0.2) is 39.1 Å². The first-order valence-corrected chi connectivity index (χ1v) is 9.97. The molecule has 1 amide bonds. The number of hydrogen-bond donors (Lipinski definition) is 1. The topological polar surface area (TPSA) is 79.2 Å². The van der Waals surface area contributed by atoms with E-state index in [9.17, 15) is 9.59 Å². The van der Waals surface area contributed by atoms with Crippen molar-refractivity contribution in [2.75, 3.05) is 6.61 Å². The zero-order valence-electron chi connectivity index (χ0n) is 14.2. The molecule has 0 aromatic heterocycles. The van der Waals surface area contributed by atoms with Crippen LogP contribution >= 0.6 is 39.9 Å². The van der Waals surface area contributed by atoms with Crippen molar-refractivity contribution in [3.63, 3.8) is 0 Å². The Hall–Kier alpha value is -2.49. The standard InChI is InChI=1S/C19H13BrN2O4S2/c20-14-6-3-4-12(8-14)10-21-22-18(25)16(28-19(22)27)9-13-5-1-2-7-15(13)26-11-17(23)24/h1-10H,11H2,(H,23,24). The molecule has 0 spiro atoms. The average Bonchev–Trinajstić information content (AvgIpc) is 2.92. The van der Waals surface area contributed by atoms with Crippen LogP contribution in [0.1, 0.15) is 11.1 Å². The summed E-state index contributed by atoms with van der Waals surface area (Å²) < 4.78 is 6.48. The number of benzene rings is 2. The van der Waals surface area contributed by atoms with Crippen LogP contribution < -0.4 is 4.74 Å². The molecule has 1 heterocycles. The number of carboxylic acid groups (broad SMARTS) is 1. The number of thioether (sulfide) groups is 1. The molecule has 0 radical (unpaired) electrons. The van der Waals surface area contributed by atoms with E-state index >= 15 is 0 Å². The molecule has 2 aromatic rings. The first kappa shape index (κ1) is 20.2. The highest BCUT2D eigenvalue weighted by atomic mass is 79.9. The third kappa shape index (κ3) is 5.06. The Morgan fingerprint density at radius 3 is 2.82 bits per heavy atom. The van der Waals surface area contributed by atoms with E-state index in [4.69, 9.17) is 22.1 Å². The van der Waals surface area contributed by atoms with Gasteiger partial charge in [-0.05, 0) is 42.1 Å². The Morgan fingerprint density at radius 1 is 1.29 bits per heavy atom. The zero-order valence-corrected chi connectivity index (χ0v) is 17.5. The van der Waals surface area contributed by atoms with Crippen molar-refractivity contribution in [2.45, 2.75) is 0 Å². The van der Waals surface area contributed by atoms with Gasteiger partial charge in [0.1, 0.15) is 5.75 Å². The van der Waals surface area contributed by atoms with Crippen LogP contribution in [0.2, 0.25) is 0 Å². The van der Waals surface area contributed by atoms with Gasteiger partial charge in [0.2, 0.25) is 0 Å². The quantitative estimate of drug-likeness (QED) is 0.383. The Labute approximate surface area is 179 Å². The van der Waals surface area contributed by atoms with E-state index in [0.717, 1.165) is 26.8 Å². The smallest absolute Gasteiger partial charge is 0.341 e. The molecule has 0 unspecified atom stereocenters. The van der Waals surface area contributed by atoms with Gasteiger partial charge in [-0.3, -0.25) is 4.79 Å². The summed E-state index contributed by atoms with van der Waals surface area (Å²) in [5, 5.41) is 14.1. The second-order valence-corrected chi connectivity index (χ2v) is 8.10. The summed E-state index contributed by atoms with van der Waals surface area (Å²) in [5.74, 6) is -1.06. The summed E-state index contributed by atoms with van der Waals surface area (Å²) in [5.41, 5.74) is 1.40. The molecular weight excluding hydrogens is 464 g/mol. The normalized spacial score (nSPS) is 15.6. The van der Waals surface area contributed by atoms with Crippen molar-refractivity contribution in [3.05, 3.63) is 69.0 Å². The van der Waals surface area contributed by atoms with E-state index in [1.807, 2.05) is 24.3 Å². The van der Waals surface area contributed by atoms with E-state index in [0.29, 0.717) is 20.5 Å². The highest BCUT2D eigenvalue weighted by Gasteiger charge is 2.32. The molecule has 0 bridgehead atoms. The van der Waals surface area contributed by atoms with E-state index in [1.54, 1.807) is 36.6 Å². The first-order chi connectivity index (χ1) is 13.4. The minimum absolute atomic E-state index is 0.312. The second-order valence-electron chi connectivity index (χ2n) is 5.51. The first-order valence-electron chi connectivity index (χ1n) is 7.95. The van der Waals surface area contributed by atoms with Gasteiger partial charge >= 0.3 is 5.97 Å². The molecule has 0 aliphatic carbocycles. The zero-order chi connectivity index (χ0) is 20.1. The number of carboxylic acids is 1. The Balaban J connectivity index is 1.81. The van der Waals surface area contributed by atoms with E-state index in [1.165, 1.54) is 0 Å². The largest absolute Gasteiger partial charge is 0.481 e. The van der Waals surface area contributed by atoms with Crippen LogP contribution in [0.25, 0.3) is 6.08 Å². The fourth-order valence-electron chi connectivity index (χ4n) is 2.28. The molecule has 3 rings (SSSR count). The maximum absolute atomic E-state index is 12.7. The van der Waals surface area contributed by atoms with Crippen LogP contribution in [0, 0.1) is 0 Å². The highest BCUT2D eigenvalue weighted by molar-refractivity contribution is 9.10. The summed E-state index contributed by atoms with van der Waals surface area (Å²) in [7, 11) is 0. The number of aliphatic carboxylic acids is 1. The molecule has 6 nitrogen and oxygen atoms in total. The Kier molecular flexibility index (Phi) is 6.61. The van der Waals surface area contributed by atoms with Gasteiger partial charge in [-0.15, -0.1) is 0 Å². The summed E-state index contributed by atoms with van der Waals surface area (Å²) >= 11 is 9.77. The van der Waals surface area contributed by atoms with Crippen LogP contribution in [0.3, 0.4) is 0 Å². The van der Waals surface area contributed by atoms with Crippen molar-refractivity contribution in [1.29, 1.82) is 0 Å². The summed E-state index contributed by atoms with van der Waals surface area (Å²) in [6.45, 7) is -0.470. The molecule has 1 aliphatic heterocycles. The van der Waals surface area contributed by atoms with Gasteiger partial charge in [0.05, 0.1) is 11.1 Å². The van der Waals surface area contributed by atoms with Gasteiger partial charge in [-0.1, -0.05) is 58.0 Å². The van der Waals surface area contributed by atoms with Gasteiger partial charge < -0.3 is 9.84 Å². The van der Waals surface area contributed by atoms with Crippen LogP contribution in [0.15, 0.2) is 63.0 Å². The fraction of sp³-hybridized carbons (Fsp3) is 0.0526. The van der Waals surface area contributed by atoms with E-state index in [2.05, 4.69) is 21.0 Å². The van der Waals surface area contributed by atoms with Crippen molar-refractivity contribution in [3.8, 4) is 5.75 Å². The molecule has 2 aromatic carbocycles. The number of thiocarbonyl (C=S) groups is 1. The molecule has 0 atom stereocenters. The van der Waals surface area contributed by atoms with Crippen molar-refractivity contribution < 1.29 is 19.4 Å². The lowest BCUT2D eigenvalue weighted by atomic mass is 10.2. The second kappa shape index (κ2) is 9.13. The van der Waals surface area contributed by atoms with E-state index < -0.39 is 12.6 Å². The highest BCUT2D eigenvalue weighted by Crippen LogP contribution is 2.34. The van der Waals surface area contributed by atoms with Gasteiger partial charge in [0.25, 0.3) is 5.91 Å². The molecular formula is C19H13BrN2O4S2. The number of para-hydroxylation sites is 1. The number of hydrogen-bond acceptors (Lipinski definition) is 6. The summed E-state index contributed by atoms with van der Waals surface area (Å²) in [6.07, 6.45) is 3.17. The predicted molar refractivity (Wildman–Crippen MR) is 116 cm³/mol. The Bertz CT molecular complexity index is 1010. The average molecular weight is 477 g/mol. The number of rotatable bonds is 6. The number of ether oxygens (including phenoxy) is 1. The number of amides is 1. The van der Waals surface area contributed by atoms with Crippen molar-refractivity contribution in [1.82, 2.24) is 5.01 Å². The third-order valence-electron chi connectivity index (χ3n) is 3.50. The van der Waals surface area contributed by atoms with Gasteiger partial charge in [0.15, 0.2) is 10.9 Å². The van der Waals surface area contributed by atoms with Gasteiger partial charge in [-0.2, -0.15) is 10.1 Å². The molecule has 0 saturated carbocycles. The minimum atomic E-state index is -1.08. The van der Waals surface area contributed by atoms with Gasteiger partial charge in [-0.25, -0.2) is 4.79 Å². The number of hydrazone groups is 1. The number of halogens is 1. The molecule has 142 valence electrons. The van der Waals surface area contributed by atoms with Crippen molar-refractivity contribution in [2.24, 2.45) is 5.10 Å². The number of carbonyl (C=O) groups is 2. The van der Waals surface area contributed by atoms with Crippen LogP contribution in [0.4, 0.5) is 0 Å². The lowest BCUT2D eigenvalue weighted by molar-refractivity contribution is -0.139. The monoisotopic (exact) mass is 476 g/mol. The van der Waals surface area contributed by atoms with Crippen LogP contribution in [-0.2, 0) is 9.59 Å². The lowest BCUT2D eigenvalue weighted by Crippen LogP contribution is -2.22. The molecule has 1 N–H and O–H groups in total. The maximum atomic E-state index is 12.7. The minimum Gasteiger partial charge on any atom is -0.481 e. The SMILES string of the molecule is O=C(O)COc1ccccc1C=C1SC(=S)N(N=Cc2cccc(Br)c2)C1=O. The molecule has 9 heteroatoms. The third-order valence-corrected chi connectivity index (χ3v) is 5.28. The molecule has 28 heavy (non-hydrogen) atoms. The molecule has 1 saturated heterocycles. The Morgan fingerprint density at radius 2 is 2.07 bits per heavy atom. The fourth-order valence-corrected chi connectivity index (χ4v) is 3.86. The number of nitrogens with zero attached hydrogens (tertiary/aromatic N) is 2. The number of carbonyl (C=O) groups excluding carboxylic acids is 1. The van der Waals surface area contributed by atoms with E-state index in [-0.39, 0.29) is 5.91 Å². The van der Waals surface area contributed by atoms with Crippen LogP contribution in [0.5, 0.6) is 5.75 Å². The predicted octanol–water partition coefficient (Wildman–Crippen LogP) is 4.15.